The summed E-state index contributed by atoms with van der Waals surface area (Å²) in [6.07, 6.45) is 0. The Morgan fingerprint density at radius 1 is 1.33 bits per heavy atom. The lowest BCUT2D eigenvalue weighted by Crippen LogP contribution is -2.35. The van der Waals surface area contributed by atoms with E-state index in [1.807, 2.05) is 0 Å². The van der Waals surface area contributed by atoms with E-state index < -0.39 is 5.91 Å². The van der Waals surface area contributed by atoms with Crippen LogP contribution in [0.25, 0.3) is 0 Å². The highest BCUT2D eigenvalue weighted by Gasteiger charge is 2.14. The Morgan fingerprint density at radius 3 is 2.43 bits per heavy atom. The minimum Gasteiger partial charge on any atom is -0.493 e. The third kappa shape index (κ3) is 6.89. The van der Waals surface area contributed by atoms with E-state index in [1.54, 1.807) is 12.1 Å². The van der Waals surface area contributed by atoms with Crippen molar-refractivity contribution in [2.24, 2.45) is 5.73 Å². The normalized spacial score (nSPS) is 10.7. The van der Waals surface area contributed by atoms with Gasteiger partial charge in [0.2, 0.25) is 0 Å². The number of carbonyl (C=O) groups is 1. The molecular formula is C14H22Cl2N2O3. The standard InChI is InChI=1S/C14H21ClN2O3.ClH/c1-14(2,3)17-7-9-5-11(19-4)12(6-10(9)15)20-8-13(16)18;/h5-6,17H,7-8H2,1-4H3,(H2,16,18);1H. The number of hydrogen-bond acceptors (Lipinski definition) is 4. The van der Waals surface area contributed by atoms with Gasteiger partial charge in [0.25, 0.3) is 5.91 Å². The van der Waals surface area contributed by atoms with Crippen LogP contribution in [0.15, 0.2) is 12.1 Å². The van der Waals surface area contributed by atoms with Crippen LogP contribution >= 0.6 is 24.0 Å². The van der Waals surface area contributed by atoms with E-state index >= 15 is 0 Å². The summed E-state index contributed by atoms with van der Waals surface area (Å²) < 4.78 is 10.5. The van der Waals surface area contributed by atoms with Gasteiger partial charge >= 0.3 is 0 Å². The molecule has 0 aliphatic rings. The first-order chi connectivity index (χ1) is 9.23. The van der Waals surface area contributed by atoms with E-state index in [1.165, 1.54) is 7.11 Å². The van der Waals surface area contributed by atoms with Gasteiger partial charge in [-0.2, -0.15) is 0 Å². The van der Waals surface area contributed by atoms with Crippen molar-refractivity contribution in [3.8, 4) is 11.5 Å². The number of hydrogen-bond donors (Lipinski definition) is 2. The molecule has 0 atom stereocenters. The summed E-state index contributed by atoms with van der Waals surface area (Å²) in [5.74, 6) is 0.360. The highest BCUT2D eigenvalue weighted by atomic mass is 35.5. The Labute approximate surface area is 136 Å². The summed E-state index contributed by atoms with van der Waals surface area (Å²) in [6, 6.07) is 3.42. The number of amides is 1. The summed E-state index contributed by atoms with van der Waals surface area (Å²) in [5.41, 5.74) is 5.92. The number of methoxy groups -OCH3 is 1. The van der Waals surface area contributed by atoms with Gasteiger partial charge in [-0.3, -0.25) is 4.79 Å². The Hall–Kier alpha value is -1.17. The number of benzene rings is 1. The van der Waals surface area contributed by atoms with Gasteiger partial charge in [-0.25, -0.2) is 0 Å². The molecule has 7 heteroatoms. The highest BCUT2D eigenvalue weighted by Crippen LogP contribution is 2.33. The zero-order valence-electron chi connectivity index (χ0n) is 12.7. The first-order valence-electron chi connectivity index (χ1n) is 6.25. The molecule has 0 aromatic heterocycles. The molecule has 1 aromatic rings. The third-order valence-corrected chi connectivity index (χ3v) is 2.86. The third-order valence-electron chi connectivity index (χ3n) is 2.51. The van der Waals surface area contributed by atoms with Gasteiger partial charge in [0.05, 0.1) is 7.11 Å². The van der Waals surface area contributed by atoms with Crippen molar-refractivity contribution >= 4 is 29.9 Å². The number of carbonyl (C=O) groups excluding carboxylic acids is 1. The maximum atomic E-state index is 10.8. The average Bonchev–Trinajstić information content (AvgIpc) is 2.33. The predicted octanol–water partition coefficient (Wildman–Crippen LogP) is 2.52. The Bertz CT molecular complexity index is 488. The molecule has 0 bridgehead atoms. The number of nitrogens with two attached hydrogens (primary N) is 1. The molecule has 0 saturated heterocycles. The first kappa shape index (κ1) is 19.8. The van der Waals surface area contributed by atoms with Gasteiger partial charge in [0.1, 0.15) is 0 Å². The van der Waals surface area contributed by atoms with Crippen LogP contribution in [0.5, 0.6) is 11.5 Å². The molecule has 0 unspecified atom stereocenters. The number of nitrogens with one attached hydrogen (secondary N) is 1. The second-order valence-corrected chi connectivity index (χ2v) is 5.86. The molecule has 1 aromatic carbocycles. The molecule has 0 radical (unpaired) electrons. The minimum atomic E-state index is -0.554. The quantitative estimate of drug-likeness (QED) is 0.837. The fourth-order valence-electron chi connectivity index (χ4n) is 1.49. The molecule has 21 heavy (non-hydrogen) atoms. The molecule has 0 spiro atoms. The van der Waals surface area contributed by atoms with Crippen molar-refractivity contribution in [2.45, 2.75) is 32.9 Å². The van der Waals surface area contributed by atoms with Crippen molar-refractivity contribution < 1.29 is 14.3 Å². The minimum absolute atomic E-state index is 0. The molecule has 0 saturated carbocycles. The maximum Gasteiger partial charge on any atom is 0.255 e. The largest absolute Gasteiger partial charge is 0.493 e. The number of primary amides is 1. The molecule has 0 fully saturated rings. The van der Waals surface area contributed by atoms with Crippen LogP contribution < -0.4 is 20.5 Å². The maximum absolute atomic E-state index is 10.8. The fourth-order valence-corrected chi connectivity index (χ4v) is 1.71. The van der Waals surface area contributed by atoms with Gasteiger partial charge in [-0.15, -0.1) is 12.4 Å². The van der Waals surface area contributed by atoms with Crippen LogP contribution in [0, 0.1) is 0 Å². The van der Waals surface area contributed by atoms with Gasteiger partial charge in [0, 0.05) is 23.2 Å². The summed E-state index contributed by atoms with van der Waals surface area (Å²) in [5, 5.41) is 3.89. The van der Waals surface area contributed by atoms with Crippen molar-refractivity contribution in [3.63, 3.8) is 0 Å². The summed E-state index contributed by atoms with van der Waals surface area (Å²) in [7, 11) is 1.53. The Balaban J connectivity index is 0.00000400. The van der Waals surface area contributed by atoms with E-state index in [-0.39, 0.29) is 24.6 Å². The lowest BCUT2D eigenvalue weighted by atomic mass is 10.1. The molecule has 1 rings (SSSR count). The summed E-state index contributed by atoms with van der Waals surface area (Å²) >= 11 is 6.21. The van der Waals surface area contributed by atoms with Crippen molar-refractivity contribution in [1.29, 1.82) is 0 Å². The highest BCUT2D eigenvalue weighted by molar-refractivity contribution is 6.31. The molecule has 5 nitrogen and oxygen atoms in total. The molecular weight excluding hydrogens is 315 g/mol. The summed E-state index contributed by atoms with van der Waals surface area (Å²) in [6.45, 7) is 6.61. The molecule has 0 aliphatic heterocycles. The second kappa shape index (κ2) is 8.32. The van der Waals surface area contributed by atoms with Crippen LogP contribution in [0.1, 0.15) is 26.3 Å². The number of rotatable bonds is 6. The topological polar surface area (TPSA) is 73.6 Å². The number of ether oxygens (including phenoxy) is 2. The van der Waals surface area contributed by atoms with E-state index in [0.29, 0.717) is 23.1 Å². The Morgan fingerprint density at radius 2 is 1.95 bits per heavy atom. The smallest absolute Gasteiger partial charge is 0.255 e. The van der Waals surface area contributed by atoms with Gasteiger partial charge in [-0.1, -0.05) is 11.6 Å². The van der Waals surface area contributed by atoms with E-state index in [4.69, 9.17) is 26.8 Å². The first-order valence-corrected chi connectivity index (χ1v) is 6.63. The van der Waals surface area contributed by atoms with Crippen LogP contribution in [0.2, 0.25) is 5.02 Å². The van der Waals surface area contributed by atoms with Crippen LogP contribution in [-0.2, 0) is 11.3 Å². The molecule has 0 heterocycles. The average molecular weight is 337 g/mol. The van der Waals surface area contributed by atoms with Crippen molar-refractivity contribution in [2.75, 3.05) is 13.7 Å². The molecule has 3 N–H and O–H groups in total. The monoisotopic (exact) mass is 336 g/mol. The molecule has 120 valence electrons. The van der Waals surface area contributed by atoms with Gasteiger partial charge < -0.3 is 20.5 Å². The number of halogens is 2. The zero-order chi connectivity index (χ0) is 15.3. The second-order valence-electron chi connectivity index (χ2n) is 5.45. The lowest BCUT2D eigenvalue weighted by Gasteiger charge is -2.21. The van der Waals surface area contributed by atoms with Crippen LogP contribution in [0.4, 0.5) is 0 Å². The molecule has 0 aliphatic carbocycles. The van der Waals surface area contributed by atoms with E-state index in [9.17, 15) is 4.79 Å². The van der Waals surface area contributed by atoms with Crippen LogP contribution in [-0.4, -0.2) is 25.2 Å². The molecule has 1 amide bonds. The van der Waals surface area contributed by atoms with Gasteiger partial charge in [0.15, 0.2) is 18.1 Å². The predicted molar refractivity (Wildman–Crippen MR) is 86.5 cm³/mol. The lowest BCUT2D eigenvalue weighted by molar-refractivity contribution is -0.119. The Kier molecular flexibility index (Phi) is 7.85. The van der Waals surface area contributed by atoms with E-state index in [0.717, 1.165) is 5.56 Å². The van der Waals surface area contributed by atoms with Crippen molar-refractivity contribution in [1.82, 2.24) is 5.32 Å². The zero-order valence-corrected chi connectivity index (χ0v) is 14.2. The van der Waals surface area contributed by atoms with Gasteiger partial charge in [-0.05, 0) is 32.4 Å². The van der Waals surface area contributed by atoms with Crippen molar-refractivity contribution in [3.05, 3.63) is 22.7 Å². The van der Waals surface area contributed by atoms with E-state index in [2.05, 4.69) is 26.1 Å². The van der Waals surface area contributed by atoms with Crippen LogP contribution in [0.3, 0.4) is 0 Å². The summed E-state index contributed by atoms with van der Waals surface area (Å²) in [4.78, 5) is 10.8. The SMILES string of the molecule is COc1cc(CNC(C)(C)C)c(Cl)cc1OCC(N)=O.Cl. The fraction of sp³-hybridized carbons (Fsp3) is 0.500.